The van der Waals surface area contributed by atoms with Gasteiger partial charge in [0.1, 0.15) is 12.4 Å². The van der Waals surface area contributed by atoms with Crippen LogP contribution in [0.2, 0.25) is 0 Å². The fourth-order valence-corrected chi connectivity index (χ4v) is 3.21. The van der Waals surface area contributed by atoms with Gasteiger partial charge in [-0.05, 0) is 38.3 Å². The lowest BCUT2D eigenvalue weighted by atomic mass is 9.92. The second-order valence-electron chi connectivity index (χ2n) is 10.7. The molecule has 2 aromatic rings. The fourth-order valence-electron chi connectivity index (χ4n) is 3.21. The van der Waals surface area contributed by atoms with Gasteiger partial charge in [-0.2, -0.15) is 5.10 Å². The highest BCUT2D eigenvalue weighted by molar-refractivity contribution is 5.97. The van der Waals surface area contributed by atoms with Crippen molar-refractivity contribution in [1.29, 1.82) is 0 Å². The first kappa shape index (κ1) is 25.4. The predicted octanol–water partition coefficient (Wildman–Crippen LogP) is 5.07. The van der Waals surface area contributed by atoms with E-state index in [1.807, 2.05) is 75.7 Å². The number of aromatic nitrogens is 2. The van der Waals surface area contributed by atoms with Crippen molar-refractivity contribution >= 4 is 23.7 Å². The van der Waals surface area contributed by atoms with Gasteiger partial charge in [-0.15, -0.1) is 0 Å². The number of benzene rings is 1. The molecule has 0 radical (unpaired) electrons. The van der Waals surface area contributed by atoms with E-state index in [2.05, 4.69) is 26.1 Å². The zero-order valence-corrected chi connectivity index (χ0v) is 20.8. The Morgan fingerprint density at radius 3 is 2.25 bits per heavy atom. The number of hydrogen-bond donors (Lipinski definition) is 1. The summed E-state index contributed by atoms with van der Waals surface area (Å²) < 4.78 is 1.84. The van der Waals surface area contributed by atoms with Gasteiger partial charge in [0.25, 0.3) is 0 Å². The molecule has 0 saturated carbocycles. The quantitative estimate of drug-likeness (QED) is 0.614. The highest BCUT2D eigenvalue weighted by atomic mass is 16.2. The van der Waals surface area contributed by atoms with Gasteiger partial charge in [0.2, 0.25) is 11.8 Å². The van der Waals surface area contributed by atoms with E-state index in [1.165, 1.54) is 6.08 Å². The van der Waals surface area contributed by atoms with Gasteiger partial charge in [0.05, 0.1) is 11.2 Å². The summed E-state index contributed by atoms with van der Waals surface area (Å²) in [6, 6.07) is 11.6. The molecule has 0 spiro atoms. The standard InChI is InChI=1S/C26H38N4O2/c1-19(2)17-29(24(32)15-14-20-12-10-9-11-13-20)18-23(31)27-22-16-21(25(3,4)5)28-30(22)26(6,7)8/h9-16,19H,17-18H2,1-8H3,(H,27,31). The number of hydrogen-bond acceptors (Lipinski definition) is 3. The Bertz CT molecular complexity index is 944. The van der Waals surface area contributed by atoms with Crippen LogP contribution in [0.4, 0.5) is 5.82 Å². The molecule has 0 aliphatic heterocycles. The van der Waals surface area contributed by atoms with Crippen LogP contribution in [-0.4, -0.2) is 39.6 Å². The van der Waals surface area contributed by atoms with Crippen LogP contribution >= 0.6 is 0 Å². The van der Waals surface area contributed by atoms with Crippen LogP contribution in [0.5, 0.6) is 0 Å². The van der Waals surface area contributed by atoms with Crippen molar-refractivity contribution in [3.05, 3.63) is 53.7 Å². The average Bonchev–Trinajstić information content (AvgIpc) is 3.10. The topological polar surface area (TPSA) is 67.2 Å². The Morgan fingerprint density at radius 2 is 1.72 bits per heavy atom. The van der Waals surface area contributed by atoms with E-state index in [-0.39, 0.29) is 35.2 Å². The number of carbonyl (C=O) groups excluding carboxylic acids is 2. The lowest BCUT2D eigenvalue weighted by molar-refractivity contribution is -0.131. The fraction of sp³-hybridized carbons (Fsp3) is 0.500. The normalized spacial score (nSPS) is 12.4. The van der Waals surface area contributed by atoms with Gasteiger partial charge >= 0.3 is 0 Å². The molecule has 0 aliphatic carbocycles. The first-order valence-corrected chi connectivity index (χ1v) is 11.2. The van der Waals surface area contributed by atoms with Gasteiger partial charge in [0.15, 0.2) is 0 Å². The molecule has 0 fully saturated rings. The summed E-state index contributed by atoms with van der Waals surface area (Å²) in [6.07, 6.45) is 3.31. The first-order chi connectivity index (χ1) is 14.8. The second kappa shape index (κ2) is 10.2. The van der Waals surface area contributed by atoms with Crippen molar-refractivity contribution in [2.24, 2.45) is 5.92 Å². The number of carbonyl (C=O) groups is 2. The van der Waals surface area contributed by atoms with E-state index in [9.17, 15) is 9.59 Å². The number of nitrogens with zero attached hydrogens (tertiary/aromatic N) is 3. The minimum atomic E-state index is -0.294. The van der Waals surface area contributed by atoms with Crippen molar-refractivity contribution in [2.75, 3.05) is 18.4 Å². The molecule has 1 aromatic carbocycles. The van der Waals surface area contributed by atoms with Gasteiger partial charge in [-0.25, -0.2) is 4.68 Å². The van der Waals surface area contributed by atoms with E-state index in [0.29, 0.717) is 12.4 Å². The van der Waals surface area contributed by atoms with Crippen molar-refractivity contribution in [1.82, 2.24) is 14.7 Å². The van der Waals surface area contributed by atoms with E-state index >= 15 is 0 Å². The van der Waals surface area contributed by atoms with E-state index in [0.717, 1.165) is 11.3 Å². The van der Waals surface area contributed by atoms with Gasteiger partial charge in [0, 0.05) is 24.1 Å². The molecular weight excluding hydrogens is 400 g/mol. The van der Waals surface area contributed by atoms with Crippen LogP contribution in [0, 0.1) is 5.92 Å². The van der Waals surface area contributed by atoms with Crippen molar-refractivity contribution in [3.8, 4) is 0 Å². The monoisotopic (exact) mass is 438 g/mol. The molecule has 1 aromatic heterocycles. The van der Waals surface area contributed by atoms with E-state index < -0.39 is 0 Å². The zero-order chi connectivity index (χ0) is 24.1. The van der Waals surface area contributed by atoms with Crippen LogP contribution in [0.15, 0.2) is 42.5 Å². The summed E-state index contributed by atoms with van der Waals surface area (Å²) in [7, 11) is 0. The SMILES string of the molecule is CC(C)CN(CC(=O)Nc1cc(C(C)(C)C)nn1C(C)(C)C)C(=O)C=Cc1ccccc1. The predicted molar refractivity (Wildman–Crippen MR) is 131 cm³/mol. The maximum absolute atomic E-state index is 13.0. The van der Waals surface area contributed by atoms with Crippen LogP contribution in [0.1, 0.15) is 66.6 Å². The molecule has 0 aliphatic rings. The van der Waals surface area contributed by atoms with Gasteiger partial charge < -0.3 is 10.2 Å². The molecule has 0 atom stereocenters. The first-order valence-electron chi connectivity index (χ1n) is 11.2. The summed E-state index contributed by atoms with van der Waals surface area (Å²) in [5.41, 5.74) is 1.41. The minimum absolute atomic E-state index is 0.0175. The highest BCUT2D eigenvalue weighted by Gasteiger charge is 2.26. The number of amides is 2. The molecule has 1 N–H and O–H groups in total. The van der Waals surface area contributed by atoms with Crippen molar-refractivity contribution < 1.29 is 9.59 Å². The molecular formula is C26H38N4O2. The third kappa shape index (κ3) is 7.36. The third-order valence-corrected chi connectivity index (χ3v) is 4.83. The van der Waals surface area contributed by atoms with E-state index in [1.54, 1.807) is 11.0 Å². The average molecular weight is 439 g/mol. The molecule has 1 heterocycles. The molecule has 0 saturated heterocycles. The lowest BCUT2D eigenvalue weighted by Crippen LogP contribution is -2.40. The maximum atomic E-state index is 13.0. The van der Waals surface area contributed by atoms with Crippen LogP contribution in [-0.2, 0) is 20.5 Å². The van der Waals surface area contributed by atoms with Crippen LogP contribution in [0.3, 0.4) is 0 Å². The number of nitrogens with one attached hydrogen (secondary N) is 1. The summed E-state index contributed by atoms with van der Waals surface area (Å²) in [5, 5.41) is 7.73. The molecule has 174 valence electrons. The van der Waals surface area contributed by atoms with Crippen molar-refractivity contribution in [3.63, 3.8) is 0 Å². The minimum Gasteiger partial charge on any atom is -0.330 e. The molecule has 2 rings (SSSR count). The third-order valence-electron chi connectivity index (χ3n) is 4.83. The highest BCUT2D eigenvalue weighted by Crippen LogP contribution is 2.28. The Hall–Kier alpha value is -2.89. The number of rotatable bonds is 7. The Balaban J connectivity index is 2.19. The lowest BCUT2D eigenvalue weighted by Gasteiger charge is -2.25. The largest absolute Gasteiger partial charge is 0.330 e. The van der Waals surface area contributed by atoms with Crippen LogP contribution in [0.25, 0.3) is 6.08 Å². The molecule has 32 heavy (non-hydrogen) atoms. The summed E-state index contributed by atoms with van der Waals surface area (Å²) in [4.78, 5) is 27.4. The molecule has 0 bridgehead atoms. The molecule has 6 heteroatoms. The summed E-state index contributed by atoms with van der Waals surface area (Å²) >= 11 is 0. The smallest absolute Gasteiger partial charge is 0.247 e. The summed E-state index contributed by atoms with van der Waals surface area (Å²) in [6.45, 7) is 17.0. The molecule has 6 nitrogen and oxygen atoms in total. The summed E-state index contributed by atoms with van der Waals surface area (Å²) in [5.74, 6) is 0.462. The Kier molecular flexibility index (Phi) is 8.05. The van der Waals surface area contributed by atoms with Crippen LogP contribution < -0.4 is 5.32 Å². The second-order valence-corrected chi connectivity index (χ2v) is 10.7. The Labute approximate surface area is 192 Å². The van der Waals surface area contributed by atoms with E-state index in [4.69, 9.17) is 5.10 Å². The zero-order valence-electron chi connectivity index (χ0n) is 20.8. The van der Waals surface area contributed by atoms with Gasteiger partial charge in [-0.3, -0.25) is 9.59 Å². The number of anilines is 1. The molecule has 2 amide bonds. The Morgan fingerprint density at radius 1 is 1.09 bits per heavy atom. The van der Waals surface area contributed by atoms with Crippen molar-refractivity contribution in [2.45, 2.75) is 66.3 Å². The maximum Gasteiger partial charge on any atom is 0.247 e. The van der Waals surface area contributed by atoms with Gasteiger partial charge in [-0.1, -0.05) is 65.0 Å². The molecule has 0 unspecified atom stereocenters.